The minimum atomic E-state index is -0.466. The van der Waals surface area contributed by atoms with Gasteiger partial charge in [-0.05, 0) is 63.5 Å². The van der Waals surface area contributed by atoms with Crippen molar-refractivity contribution in [2.45, 2.75) is 59.1 Å². The molecule has 1 fully saturated rings. The van der Waals surface area contributed by atoms with Crippen LogP contribution in [-0.4, -0.2) is 47.5 Å². The van der Waals surface area contributed by atoms with Crippen LogP contribution in [0.1, 0.15) is 50.5 Å². The molecule has 0 aromatic carbocycles. The van der Waals surface area contributed by atoms with Gasteiger partial charge in [-0.15, -0.1) is 11.3 Å². The summed E-state index contributed by atoms with van der Waals surface area (Å²) < 4.78 is 5.41. The van der Waals surface area contributed by atoms with E-state index in [1.54, 1.807) is 16.2 Å². The van der Waals surface area contributed by atoms with Gasteiger partial charge in [0.1, 0.15) is 5.60 Å². The van der Waals surface area contributed by atoms with Crippen molar-refractivity contribution in [3.8, 4) is 0 Å². The number of piperidine rings is 1. The summed E-state index contributed by atoms with van der Waals surface area (Å²) in [5.41, 5.74) is 0.780. The van der Waals surface area contributed by atoms with Crippen molar-refractivity contribution in [3.63, 3.8) is 0 Å². The number of likely N-dealkylation sites (tertiary alicyclic amines) is 1. The molecule has 6 heteroatoms. The van der Waals surface area contributed by atoms with Crippen molar-refractivity contribution in [2.75, 3.05) is 20.1 Å². The first kappa shape index (κ1) is 19.8. The largest absolute Gasteiger partial charge is 0.444 e. The van der Waals surface area contributed by atoms with Crippen LogP contribution in [0.3, 0.4) is 0 Å². The lowest BCUT2D eigenvalue weighted by Crippen LogP contribution is -2.42. The molecular weight excluding hydrogens is 336 g/mol. The second kappa shape index (κ2) is 8.21. The summed E-state index contributed by atoms with van der Waals surface area (Å²) in [5, 5.41) is 2.06. The van der Waals surface area contributed by atoms with E-state index in [1.807, 2.05) is 32.7 Å². The van der Waals surface area contributed by atoms with Crippen LogP contribution in [-0.2, 0) is 16.1 Å². The molecule has 2 rings (SSSR count). The number of carbonyl (C=O) groups is 2. The number of aryl methyl sites for hydroxylation is 1. The fourth-order valence-corrected chi connectivity index (χ4v) is 3.88. The Bertz CT molecular complexity index is 598. The molecule has 0 N–H and O–H groups in total. The van der Waals surface area contributed by atoms with E-state index in [9.17, 15) is 9.59 Å². The zero-order valence-electron chi connectivity index (χ0n) is 16.0. The Morgan fingerprint density at radius 3 is 2.48 bits per heavy atom. The second-order valence-electron chi connectivity index (χ2n) is 7.89. The highest BCUT2D eigenvalue weighted by Gasteiger charge is 2.28. The number of hydrogen-bond acceptors (Lipinski definition) is 4. The van der Waals surface area contributed by atoms with Gasteiger partial charge in [-0.2, -0.15) is 0 Å². The third kappa shape index (κ3) is 6.03. The molecule has 2 heterocycles. The van der Waals surface area contributed by atoms with Crippen molar-refractivity contribution in [3.05, 3.63) is 21.9 Å². The quantitative estimate of drug-likeness (QED) is 0.808. The molecule has 1 aromatic heterocycles. The monoisotopic (exact) mass is 366 g/mol. The summed E-state index contributed by atoms with van der Waals surface area (Å²) in [7, 11) is 1.87. The van der Waals surface area contributed by atoms with Crippen molar-refractivity contribution in [1.29, 1.82) is 0 Å². The molecule has 1 aliphatic heterocycles. The van der Waals surface area contributed by atoms with Crippen molar-refractivity contribution in [1.82, 2.24) is 9.80 Å². The third-order valence-corrected chi connectivity index (χ3v) is 5.51. The van der Waals surface area contributed by atoms with Gasteiger partial charge in [-0.3, -0.25) is 4.79 Å². The molecule has 0 radical (unpaired) electrons. The van der Waals surface area contributed by atoms with Crippen LogP contribution in [0.2, 0.25) is 0 Å². The Kier molecular flexibility index (Phi) is 6.49. The van der Waals surface area contributed by atoms with Gasteiger partial charge in [0.25, 0.3) is 0 Å². The molecule has 0 atom stereocenters. The van der Waals surface area contributed by atoms with Gasteiger partial charge in [0.15, 0.2) is 0 Å². The molecular formula is C19H30N2O3S. The van der Waals surface area contributed by atoms with Gasteiger partial charge < -0.3 is 14.5 Å². The topological polar surface area (TPSA) is 49.9 Å². The summed E-state index contributed by atoms with van der Waals surface area (Å²) in [5.74, 6) is 0.529. The normalized spacial score (nSPS) is 16.0. The molecule has 25 heavy (non-hydrogen) atoms. The van der Waals surface area contributed by atoms with E-state index in [0.29, 0.717) is 32.0 Å². The summed E-state index contributed by atoms with van der Waals surface area (Å²) >= 11 is 1.70. The van der Waals surface area contributed by atoms with Crippen molar-refractivity contribution in [2.24, 2.45) is 5.92 Å². The van der Waals surface area contributed by atoms with Crippen LogP contribution in [0.4, 0.5) is 4.79 Å². The Morgan fingerprint density at radius 1 is 1.32 bits per heavy atom. The standard InChI is InChI=1S/C19H30N2O3S/c1-14-8-11-25-16(14)13-20(5)17(22)12-15-6-9-21(10-7-15)18(23)24-19(2,3)4/h8,11,15H,6-7,9-10,12-13H2,1-5H3. The van der Waals surface area contributed by atoms with E-state index in [4.69, 9.17) is 4.74 Å². The molecule has 0 bridgehead atoms. The van der Waals surface area contributed by atoms with E-state index >= 15 is 0 Å². The molecule has 2 amide bonds. The second-order valence-corrected chi connectivity index (χ2v) is 8.89. The van der Waals surface area contributed by atoms with Crippen molar-refractivity contribution >= 4 is 23.3 Å². The lowest BCUT2D eigenvalue weighted by molar-refractivity contribution is -0.131. The molecule has 140 valence electrons. The zero-order valence-corrected chi connectivity index (χ0v) is 16.8. The first-order chi connectivity index (χ1) is 11.7. The maximum atomic E-state index is 12.5. The van der Waals surface area contributed by atoms with Gasteiger partial charge >= 0.3 is 6.09 Å². The van der Waals surface area contributed by atoms with Gasteiger partial charge in [0.05, 0.1) is 6.54 Å². The highest BCUT2D eigenvalue weighted by atomic mass is 32.1. The molecule has 0 saturated carbocycles. The van der Waals surface area contributed by atoms with E-state index in [2.05, 4.69) is 18.4 Å². The predicted octanol–water partition coefficient (Wildman–Crippen LogP) is 4.05. The number of ether oxygens (including phenoxy) is 1. The Labute approximate surface area is 154 Å². The Hall–Kier alpha value is -1.56. The number of hydrogen-bond donors (Lipinski definition) is 0. The molecule has 1 aliphatic rings. The van der Waals surface area contributed by atoms with Gasteiger partial charge in [0, 0.05) is 31.4 Å². The molecule has 5 nitrogen and oxygen atoms in total. The van der Waals surface area contributed by atoms with Crippen LogP contribution in [0.5, 0.6) is 0 Å². The number of rotatable bonds is 4. The molecule has 0 unspecified atom stereocenters. The maximum Gasteiger partial charge on any atom is 0.410 e. The van der Waals surface area contributed by atoms with Gasteiger partial charge in [-0.25, -0.2) is 4.79 Å². The highest BCUT2D eigenvalue weighted by Crippen LogP contribution is 2.24. The Morgan fingerprint density at radius 2 is 1.96 bits per heavy atom. The average Bonchev–Trinajstić information content (AvgIpc) is 2.91. The summed E-state index contributed by atoms with van der Waals surface area (Å²) in [6, 6.07) is 2.09. The smallest absolute Gasteiger partial charge is 0.410 e. The Balaban J connectivity index is 1.76. The minimum Gasteiger partial charge on any atom is -0.444 e. The number of amides is 2. The summed E-state index contributed by atoms with van der Waals surface area (Å²) in [4.78, 5) is 29.4. The van der Waals surface area contributed by atoms with Gasteiger partial charge in [-0.1, -0.05) is 0 Å². The minimum absolute atomic E-state index is 0.184. The van der Waals surface area contributed by atoms with E-state index in [-0.39, 0.29) is 12.0 Å². The van der Waals surface area contributed by atoms with Crippen LogP contribution in [0.15, 0.2) is 11.4 Å². The lowest BCUT2D eigenvalue weighted by Gasteiger charge is -2.33. The van der Waals surface area contributed by atoms with E-state index in [1.165, 1.54) is 10.4 Å². The fourth-order valence-electron chi connectivity index (χ4n) is 2.92. The van der Waals surface area contributed by atoms with Crippen LogP contribution in [0.25, 0.3) is 0 Å². The zero-order chi connectivity index (χ0) is 18.6. The summed E-state index contributed by atoms with van der Waals surface area (Å²) in [6.45, 7) is 9.72. The third-order valence-electron chi connectivity index (χ3n) is 4.50. The van der Waals surface area contributed by atoms with Crippen molar-refractivity contribution < 1.29 is 14.3 Å². The van der Waals surface area contributed by atoms with Crippen LogP contribution < -0.4 is 0 Å². The van der Waals surface area contributed by atoms with Gasteiger partial charge in [0.2, 0.25) is 5.91 Å². The molecule has 0 aliphatic carbocycles. The first-order valence-corrected chi connectivity index (χ1v) is 9.78. The summed E-state index contributed by atoms with van der Waals surface area (Å²) in [6.07, 6.45) is 2.03. The fraction of sp³-hybridized carbons (Fsp3) is 0.684. The predicted molar refractivity (Wildman–Crippen MR) is 101 cm³/mol. The number of carbonyl (C=O) groups excluding carboxylic acids is 2. The SMILES string of the molecule is Cc1ccsc1CN(C)C(=O)CC1CCN(C(=O)OC(C)(C)C)CC1. The molecule has 1 aromatic rings. The molecule has 0 spiro atoms. The van der Waals surface area contributed by atoms with E-state index < -0.39 is 5.60 Å². The van der Waals surface area contributed by atoms with Crippen LogP contribution in [0, 0.1) is 12.8 Å². The highest BCUT2D eigenvalue weighted by molar-refractivity contribution is 7.10. The maximum absolute atomic E-state index is 12.5. The van der Waals surface area contributed by atoms with Crippen LogP contribution >= 0.6 is 11.3 Å². The lowest BCUT2D eigenvalue weighted by atomic mass is 9.93. The average molecular weight is 367 g/mol. The van der Waals surface area contributed by atoms with E-state index in [0.717, 1.165) is 12.8 Å². The number of thiophene rings is 1. The first-order valence-electron chi connectivity index (χ1n) is 8.90. The number of nitrogens with zero attached hydrogens (tertiary/aromatic N) is 2. The molecule has 1 saturated heterocycles.